The highest BCUT2D eigenvalue weighted by atomic mass is 35.5. The summed E-state index contributed by atoms with van der Waals surface area (Å²) in [5.74, 6) is -3.08. The van der Waals surface area contributed by atoms with E-state index in [9.17, 15) is 35.9 Å². The van der Waals surface area contributed by atoms with Crippen LogP contribution in [0.2, 0.25) is 5.02 Å². The van der Waals surface area contributed by atoms with Crippen molar-refractivity contribution >= 4 is 23.4 Å². The first-order chi connectivity index (χ1) is 25.0. The molecule has 0 N–H and O–H groups in total. The Balaban J connectivity index is 0.000000204. The molecule has 2 aliphatic carbocycles. The second-order valence-electron chi connectivity index (χ2n) is 14.1. The van der Waals surface area contributed by atoms with Crippen LogP contribution in [0.1, 0.15) is 132 Å². The minimum Gasteiger partial charge on any atom is -0.331 e. The third-order valence-electron chi connectivity index (χ3n) is 9.43. The smallest absolute Gasteiger partial charge is 0.283 e. The lowest BCUT2D eigenvalue weighted by atomic mass is 9.96. The number of alkyl halides is 4. The number of aromatic nitrogens is 4. The molecule has 8 nitrogen and oxygen atoms in total. The molecule has 53 heavy (non-hydrogen) atoms. The molecule has 2 aliphatic rings. The van der Waals surface area contributed by atoms with E-state index in [4.69, 9.17) is 11.6 Å². The van der Waals surface area contributed by atoms with Gasteiger partial charge in [0.2, 0.25) is 11.9 Å². The summed E-state index contributed by atoms with van der Waals surface area (Å²) in [4.78, 5) is 29.0. The number of nitrogens with zero attached hydrogens (tertiary/aromatic N) is 6. The first-order valence-corrected chi connectivity index (χ1v) is 17.9. The molecule has 286 valence electrons. The Labute approximate surface area is 309 Å². The molecule has 0 bridgehead atoms. The van der Waals surface area contributed by atoms with E-state index in [2.05, 4.69) is 24.0 Å². The minimum absolute atomic E-state index is 0.0483. The third-order valence-corrected chi connectivity index (χ3v) is 9.67. The minimum atomic E-state index is -3.03. The predicted octanol–water partition coefficient (Wildman–Crippen LogP) is 9.50. The van der Waals surface area contributed by atoms with E-state index in [1.54, 1.807) is 12.1 Å². The molecule has 6 rings (SSSR count). The molecule has 0 atom stereocenters. The molecule has 0 radical (unpaired) electrons. The normalized spacial score (nSPS) is 14.3. The van der Waals surface area contributed by atoms with Crippen molar-refractivity contribution in [2.24, 2.45) is 14.1 Å². The summed E-state index contributed by atoms with van der Waals surface area (Å²) < 4.78 is 83.2. The quantitative estimate of drug-likeness (QED) is 0.135. The largest absolute Gasteiger partial charge is 0.331 e. The van der Waals surface area contributed by atoms with Crippen LogP contribution < -0.4 is 0 Å². The lowest BCUT2D eigenvalue weighted by Gasteiger charge is -2.25. The second kappa shape index (κ2) is 16.4. The fourth-order valence-electron chi connectivity index (χ4n) is 6.42. The Kier molecular flexibility index (Phi) is 12.3. The molecular formula is C38H43ClF6N6O2. The fourth-order valence-corrected chi connectivity index (χ4v) is 6.62. The topological polar surface area (TPSA) is 76.3 Å². The number of rotatable bonds is 12. The van der Waals surface area contributed by atoms with Gasteiger partial charge in [0.15, 0.2) is 0 Å². The molecule has 2 heterocycles. The standard InChI is InChI=1S/C19H21ClF3N3O.C19H22F3N3O/c1-10(2)14-7-4-12(20)8-11(14)9-26(13-5-6-13)19(27)15-16(17(21)22)24-25(3)18(15)23;1-11(2)14-7-5-4-6-12(14)10-25(13-8-9-13)19(26)15-16(17(20)21)23-24(3)18(15)22/h4,7-8,10,13,17H,5-6,9H2,1-3H3;4-7,11,13,17H,8-10H2,1-3H3. The van der Waals surface area contributed by atoms with E-state index in [1.807, 2.05) is 44.2 Å². The maximum Gasteiger partial charge on any atom is 0.283 e. The van der Waals surface area contributed by atoms with Gasteiger partial charge in [-0.15, -0.1) is 0 Å². The van der Waals surface area contributed by atoms with Crippen LogP contribution in [-0.2, 0) is 27.2 Å². The van der Waals surface area contributed by atoms with Gasteiger partial charge in [0.1, 0.15) is 22.5 Å². The van der Waals surface area contributed by atoms with Crippen molar-refractivity contribution in [1.82, 2.24) is 29.4 Å². The number of hydrogen-bond donors (Lipinski definition) is 0. The molecule has 2 fully saturated rings. The van der Waals surface area contributed by atoms with Crippen LogP contribution in [-0.4, -0.2) is 53.3 Å². The van der Waals surface area contributed by atoms with E-state index in [0.29, 0.717) is 14.4 Å². The summed E-state index contributed by atoms with van der Waals surface area (Å²) in [6, 6.07) is 13.0. The predicted molar refractivity (Wildman–Crippen MR) is 188 cm³/mol. The van der Waals surface area contributed by atoms with E-state index in [0.717, 1.165) is 47.9 Å². The van der Waals surface area contributed by atoms with Crippen molar-refractivity contribution in [2.75, 3.05) is 0 Å². The van der Waals surface area contributed by atoms with Gasteiger partial charge in [0, 0.05) is 44.3 Å². The van der Waals surface area contributed by atoms with E-state index >= 15 is 0 Å². The maximum absolute atomic E-state index is 14.4. The van der Waals surface area contributed by atoms with E-state index in [1.165, 1.54) is 23.9 Å². The summed E-state index contributed by atoms with van der Waals surface area (Å²) >= 11 is 6.12. The highest BCUT2D eigenvalue weighted by molar-refractivity contribution is 6.30. The Hall–Kier alpha value is -4.33. The Morgan fingerprint density at radius 1 is 0.717 bits per heavy atom. The van der Waals surface area contributed by atoms with Crippen molar-refractivity contribution in [3.63, 3.8) is 0 Å². The molecule has 2 aromatic carbocycles. The molecule has 0 aliphatic heterocycles. The summed E-state index contributed by atoms with van der Waals surface area (Å²) in [6.07, 6.45) is -2.93. The van der Waals surface area contributed by atoms with Gasteiger partial charge in [0.25, 0.3) is 24.7 Å². The zero-order chi connectivity index (χ0) is 38.9. The number of hydrogen-bond acceptors (Lipinski definition) is 4. The highest BCUT2D eigenvalue weighted by Gasteiger charge is 2.40. The van der Waals surface area contributed by atoms with Crippen molar-refractivity contribution in [3.05, 3.63) is 104 Å². The summed E-state index contributed by atoms with van der Waals surface area (Å²) in [6.45, 7) is 8.61. The Morgan fingerprint density at radius 2 is 1.13 bits per heavy atom. The van der Waals surface area contributed by atoms with Crippen molar-refractivity contribution in [3.8, 4) is 0 Å². The zero-order valence-electron chi connectivity index (χ0n) is 30.4. The molecule has 2 amide bonds. The monoisotopic (exact) mass is 764 g/mol. The van der Waals surface area contributed by atoms with Crippen molar-refractivity contribution in [1.29, 1.82) is 0 Å². The fraction of sp³-hybridized carbons (Fsp3) is 0.474. The second-order valence-corrected chi connectivity index (χ2v) is 14.6. The SMILES string of the molecule is CC(C)c1ccc(Cl)cc1CN(C(=O)c1c(C(F)F)nn(C)c1F)C1CC1.CC(C)c1ccccc1CN(C(=O)c1c(C(F)F)nn(C)c1F)C1CC1. The van der Waals surface area contributed by atoms with Gasteiger partial charge in [0.05, 0.1) is 0 Å². The molecule has 2 aromatic heterocycles. The van der Waals surface area contributed by atoms with Crippen LogP contribution in [0.5, 0.6) is 0 Å². The van der Waals surface area contributed by atoms with Crippen LogP contribution in [0, 0.1) is 11.9 Å². The summed E-state index contributed by atoms with van der Waals surface area (Å²) in [5, 5.41) is 7.50. The van der Waals surface area contributed by atoms with Crippen molar-refractivity contribution in [2.45, 2.75) is 103 Å². The molecule has 2 saturated carbocycles. The zero-order valence-corrected chi connectivity index (χ0v) is 31.1. The average molecular weight is 765 g/mol. The van der Waals surface area contributed by atoms with Gasteiger partial charge in [-0.2, -0.15) is 19.0 Å². The molecule has 15 heteroatoms. The molecule has 0 spiro atoms. The Bertz CT molecular complexity index is 1950. The first-order valence-electron chi connectivity index (χ1n) is 17.5. The van der Waals surface area contributed by atoms with E-state index in [-0.39, 0.29) is 37.0 Å². The van der Waals surface area contributed by atoms with Gasteiger partial charge in [-0.25, -0.2) is 26.9 Å². The summed E-state index contributed by atoms with van der Waals surface area (Å²) in [7, 11) is 2.42. The summed E-state index contributed by atoms with van der Waals surface area (Å²) in [5.41, 5.74) is 1.01. The first kappa shape index (κ1) is 39.9. The number of carbonyl (C=O) groups is 2. The molecular weight excluding hydrogens is 722 g/mol. The lowest BCUT2D eigenvalue weighted by molar-refractivity contribution is 0.0705. The number of carbonyl (C=O) groups excluding carboxylic acids is 2. The van der Waals surface area contributed by atoms with Crippen LogP contribution >= 0.6 is 11.6 Å². The number of halogens is 7. The number of benzene rings is 2. The van der Waals surface area contributed by atoms with E-state index < -0.39 is 59.1 Å². The average Bonchev–Trinajstić information content (AvgIpc) is 4.04. The van der Waals surface area contributed by atoms with Gasteiger partial charge >= 0.3 is 0 Å². The van der Waals surface area contributed by atoms with Crippen LogP contribution in [0.3, 0.4) is 0 Å². The molecule has 4 aromatic rings. The van der Waals surface area contributed by atoms with Crippen LogP contribution in [0.15, 0.2) is 42.5 Å². The van der Waals surface area contributed by atoms with Gasteiger partial charge in [-0.1, -0.05) is 69.6 Å². The van der Waals surface area contributed by atoms with Crippen LogP contribution in [0.25, 0.3) is 0 Å². The van der Waals surface area contributed by atoms with Gasteiger partial charge < -0.3 is 9.80 Å². The Morgan fingerprint density at radius 3 is 1.55 bits per heavy atom. The van der Waals surface area contributed by atoms with Gasteiger partial charge in [-0.05, 0) is 71.9 Å². The van der Waals surface area contributed by atoms with Crippen molar-refractivity contribution < 1.29 is 35.9 Å². The van der Waals surface area contributed by atoms with Crippen LogP contribution in [0.4, 0.5) is 26.3 Å². The third kappa shape index (κ3) is 8.90. The number of aryl methyl sites for hydroxylation is 2. The lowest BCUT2D eigenvalue weighted by Crippen LogP contribution is -2.34. The maximum atomic E-state index is 14.4. The highest BCUT2D eigenvalue weighted by Crippen LogP contribution is 2.36. The van der Waals surface area contributed by atoms with Gasteiger partial charge in [-0.3, -0.25) is 9.59 Å². The number of amides is 2. The molecule has 0 unspecified atom stereocenters. The molecule has 0 saturated heterocycles.